The lowest BCUT2D eigenvalue weighted by Crippen LogP contribution is -2.72. The maximum absolute atomic E-state index is 11.3. The number of rotatable bonds is 3. The molecule has 1 heterocycles. The van der Waals surface area contributed by atoms with Crippen molar-refractivity contribution in [2.24, 2.45) is 0 Å². The second-order valence-electron chi connectivity index (χ2n) is 3.70. The Kier molecular flexibility index (Phi) is 3.06. The third kappa shape index (κ3) is 1.68. The molecule has 7 heteroatoms. The Morgan fingerprint density at radius 2 is 2.00 bits per heavy atom. The largest absolute Gasteiger partial charge is 0.480 e. The summed E-state index contributed by atoms with van der Waals surface area (Å²) in [6.07, 6.45) is -1.50. The van der Waals surface area contributed by atoms with Crippen LogP contribution < -0.4 is 0 Å². The van der Waals surface area contributed by atoms with Gasteiger partial charge in [0.1, 0.15) is 11.6 Å². The summed E-state index contributed by atoms with van der Waals surface area (Å²) in [5, 5.41) is 17.7. The highest BCUT2D eigenvalue weighted by Gasteiger charge is 2.60. The van der Waals surface area contributed by atoms with Crippen LogP contribution in [0.15, 0.2) is 0 Å². The summed E-state index contributed by atoms with van der Waals surface area (Å²) in [6, 6.07) is -1.02. The zero-order valence-corrected chi connectivity index (χ0v) is 8.97. The van der Waals surface area contributed by atoms with Crippen molar-refractivity contribution in [2.45, 2.75) is 31.8 Å². The molecule has 1 rings (SSSR count). The number of ether oxygens (including phenoxy) is 1. The predicted octanol–water partition coefficient (Wildman–Crippen LogP) is 0.145. The van der Waals surface area contributed by atoms with Crippen LogP contribution in [0.1, 0.15) is 20.3 Å². The third-order valence-corrected chi connectivity index (χ3v) is 2.66. The van der Waals surface area contributed by atoms with Gasteiger partial charge in [-0.3, -0.25) is 4.90 Å². The van der Waals surface area contributed by atoms with Crippen molar-refractivity contribution in [3.63, 3.8) is 0 Å². The van der Waals surface area contributed by atoms with Crippen LogP contribution in [0.2, 0.25) is 0 Å². The molecule has 1 aliphatic heterocycles. The van der Waals surface area contributed by atoms with Crippen molar-refractivity contribution < 1.29 is 29.3 Å². The van der Waals surface area contributed by atoms with Crippen LogP contribution in [0.25, 0.3) is 0 Å². The fraction of sp³-hybridized carbons (Fsp3) is 0.667. The maximum atomic E-state index is 11.3. The molecular weight excluding hydrogens is 218 g/mol. The van der Waals surface area contributed by atoms with Crippen molar-refractivity contribution in [1.29, 1.82) is 0 Å². The molecular formula is C9H13NO6. The Hall–Kier alpha value is -1.79. The molecule has 1 amide bonds. The van der Waals surface area contributed by atoms with E-state index in [9.17, 15) is 14.4 Å². The molecule has 1 unspecified atom stereocenters. The molecule has 0 bridgehead atoms. The van der Waals surface area contributed by atoms with Crippen LogP contribution in [0.4, 0.5) is 4.79 Å². The zero-order chi connectivity index (χ0) is 12.5. The van der Waals surface area contributed by atoms with Crippen molar-refractivity contribution in [3.05, 3.63) is 0 Å². The van der Waals surface area contributed by atoms with Gasteiger partial charge in [0.25, 0.3) is 0 Å². The molecule has 0 spiro atoms. The van der Waals surface area contributed by atoms with Crippen LogP contribution in [-0.4, -0.2) is 51.3 Å². The van der Waals surface area contributed by atoms with E-state index in [4.69, 9.17) is 10.2 Å². The quantitative estimate of drug-likeness (QED) is 0.670. The minimum atomic E-state index is -1.54. The first-order valence-corrected chi connectivity index (χ1v) is 4.77. The van der Waals surface area contributed by atoms with E-state index >= 15 is 0 Å². The molecule has 7 nitrogen and oxygen atoms in total. The summed E-state index contributed by atoms with van der Waals surface area (Å²) in [7, 11) is 0. The minimum Gasteiger partial charge on any atom is -0.480 e. The van der Waals surface area contributed by atoms with Crippen LogP contribution in [0, 0.1) is 0 Å². The Labute approximate surface area is 91.6 Å². The molecule has 16 heavy (non-hydrogen) atoms. The van der Waals surface area contributed by atoms with E-state index in [1.165, 1.54) is 6.92 Å². The number of carbonyl (C=O) groups excluding carboxylic acids is 1. The van der Waals surface area contributed by atoms with E-state index in [-0.39, 0.29) is 13.0 Å². The number of esters is 1. The molecule has 0 radical (unpaired) electrons. The Bertz CT molecular complexity index is 341. The van der Waals surface area contributed by atoms with E-state index < -0.39 is 29.6 Å². The topological polar surface area (TPSA) is 104 Å². The molecule has 0 aromatic heterocycles. The van der Waals surface area contributed by atoms with E-state index in [0.717, 1.165) is 0 Å². The number of carboxylic acids is 1. The van der Waals surface area contributed by atoms with Gasteiger partial charge in [0.05, 0.1) is 6.61 Å². The van der Waals surface area contributed by atoms with Gasteiger partial charge in [-0.2, -0.15) is 0 Å². The summed E-state index contributed by atoms with van der Waals surface area (Å²) in [4.78, 5) is 33.7. The van der Waals surface area contributed by atoms with Gasteiger partial charge in [-0.15, -0.1) is 0 Å². The Balaban J connectivity index is 2.84. The predicted molar refractivity (Wildman–Crippen MR) is 50.9 cm³/mol. The number of carboxylic acid groups (broad SMARTS) is 2. The summed E-state index contributed by atoms with van der Waals surface area (Å²) in [6.45, 7) is 2.99. The molecule has 1 saturated heterocycles. The lowest BCUT2D eigenvalue weighted by atomic mass is 9.80. The van der Waals surface area contributed by atoms with Gasteiger partial charge in [-0.1, -0.05) is 0 Å². The number of amides is 1. The number of likely N-dealkylation sites (tertiary alicyclic amines) is 1. The van der Waals surface area contributed by atoms with Crippen LogP contribution in [-0.2, 0) is 14.3 Å². The zero-order valence-electron chi connectivity index (χ0n) is 8.97. The van der Waals surface area contributed by atoms with Gasteiger partial charge in [-0.25, -0.2) is 14.4 Å². The summed E-state index contributed by atoms with van der Waals surface area (Å²) < 4.78 is 4.66. The highest BCUT2D eigenvalue weighted by Crippen LogP contribution is 2.37. The SMILES string of the molecule is CCOC(=O)C1C[C@@](C)(C(=O)O)N1C(=O)O. The second-order valence-corrected chi connectivity index (χ2v) is 3.70. The number of nitrogens with zero attached hydrogens (tertiary/aromatic N) is 1. The third-order valence-electron chi connectivity index (χ3n) is 2.66. The molecule has 1 aliphatic rings. The average Bonchev–Trinajstić information content (AvgIpc) is 2.12. The fourth-order valence-corrected chi connectivity index (χ4v) is 1.76. The first kappa shape index (κ1) is 12.3. The van der Waals surface area contributed by atoms with Gasteiger partial charge in [-0.05, 0) is 13.8 Å². The van der Waals surface area contributed by atoms with Crippen molar-refractivity contribution in [2.75, 3.05) is 6.61 Å². The van der Waals surface area contributed by atoms with Crippen LogP contribution >= 0.6 is 0 Å². The normalized spacial score (nSPS) is 28.1. The van der Waals surface area contributed by atoms with Crippen molar-refractivity contribution in [1.82, 2.24) is 4.90 Å². The highest BCUT2D eigenvalue weighted by molar-refractivity contribution is 5.92. The van der Waals surface area contributed by atoms with Crippen LogP contribution in [0.5, 0.6) is 0 Å². The number of hydrogen-bond acceptors (Lipinski definition) is 4. The van der Waals surface area contributed by atoms with E-state index in [1.54, 1.807) is 6.92 Å². The van der Waals surface area contributed by atoms with Crippen LogP contribution in [0.3, 0.4) is 0 Å². The van der Waals surface area contributed by atoms with E-state index in [2.05, 4.69) is 4.74 Å². The monoisotopic (exact) mass is 231 g/mol. The Morgan fingerprint density at radius 3 is 2.38 bits per heavy atom. The summed E-state index contributed by atoms with van der Waals surface area (Å²) >= 11 is 0. The molecule has 0 aromatic rings. The fourth-order valence-electron chi connectivity index (χ4n) is 1.76. The lowest BCUT2D eigenvalue weighted by molar-refractivity contribution is -0.175. The number of aliphatic carboxylic acids is 1. The smallest absolute Gasteiger partial charge is 0.409 e. The van der Waals surface area contributed by atoms with Gasteiger partial charge >= 0.3 is 18.0 Å². The molecule has 0 aromatic carbocycles. The first-order valence-electron chi connectivity index (χ1n) is 4.77. The average molecular weight is 231 g/mol. The molecule has 1 fully saturated rings. The van der Waals surface area contributed by atoms with Crippen molar-refractivity contribution >= 4 is 18.0 Å². The number of hydrogen-bond donors (Lipinski definition) is 2. The molecule has 2 atom stereocenters. The van der Waals surface area contributed by atoms with Gasteiger partial charge in [0, 0.05) is 6.42 Å². The molecule has 0 saturated carbocycles. The van der Waals surface area contributed by atoms with Gasteiger partial charge in [0.15, 0.2) is 0 Å². The van der Waals surface area contributed by atoms with Gasteiger partial charge < -0.3 is 14.9 Å². The second kappa shape index (κ2) is 3.99. The van der Waals surface area contributed by atoms with Gasteiger partial charge in [0.2, 0.25) is 0 Å². The summed E-state index contributed by atoms with van der Waals surface area (Å²) in [5.74, 6) is -1.97. The highest BCUT2D eigenvalue weighted by atomic mass is 16.5. The number of carbonyl (C=O) groups is 3. The summed E-state index contributed by atoms with van der Waals surface area (Å²) in [5.41, 5.74) is -1.54. The maximum Gasteiger partial charge on any atom is 0.409 e. The van der Waals surface area contributed by atoms with E-state index in [1.807, 2.05) is 0 Å². The minimum absolute atomic E-state index is 0.0620. The first-order chi connectivity index (χ1) is 7.34. The molecule has 2 N–H and O–H groups in total. The van der Waals surface area contributed by atoms with E-state index in [0.29, 0.717) is 4.90 Å². The lowest BCUT2D eigenvalue weighted by Gasteiger charge is -2.50. The molecule has 90 valence electrons. The molecule has 0 aliphatic carbocycles. The van der Waals surface area contributed by atoms with Crippen molar-refractivity contribution in [3.8, 4) is 0 Å². The Morgan fingerprint density at radius 1 is 1.44 bits per heavy atom. The standard InChI is InChI=1S/C9H13NO6/c1-3-16-6(11)5-4-9(2,7(12)13)10(5)8(14)15/h5H,3-4H2,1-2H3,(H,12,13)(H,14,15)/t5?,9-/m0/s1.